The smallest absolute Gasteiger partial charge is 0.258 e. The number of methoxy groups -OCH3 is 1. The lowest BCUT2D eigenvalue weighted by Crippen LogP contribution is -2.32. The van der Waals surface area contributed by atoms with Crippen molar-refractivity contribution in [2.45, 2.75) is 12.8 Å². The molecular weight excluding hydrogens is 324 g/mol. The molecule has 0 aromatic carbocycles. The van der Waals surface area contributed by atoms with Gasteiger partial charge in [0.1, 0.15) is 6.61 Å². The molecule has 1 unspecified atom stereocenters. The van der Waals surface area contributed by atoms with Gasteiger partial charge in [0.05, 0.1) is 13.2 Å². The Morgan fingerprint density at radius 1 is 1.36 bits per heavy atom. The van der Waals surface area contributed by atoms with Crippen molar-refractivity contribution in [1.82, 2.24) is 20.0 Å². The number of hydrogen-bond acceptors (Lipinski definition) is 7. The SMILES string of the molecule is COCCOCC(=O)N1CCC(Cc2noc(-c3ccncc3)n2)C1. The van der Waals surface area contributed by atoms with Crippen LogP contribution in [0.4, 0.5) is 0 Å². The van der Waals surface area contributed by atoms with E-state index in [1.165, 1.54) is 0 Å². The van der Waals surface area contributed by atoms with Crippen LogP contribution in [0.2, 0.25) is 0 Å². The molecule has 8 heteroatoms. The van der Waals surface area contributed by atoms with Crippen LogP contribution in [0.15, 0.2) is 29.0 Å². The molecule has 0 N–H and O–H groups in total. The van der Waals surface area contributed by atoms with Crippen molar-refractivity contribution in [1.29, 1.82) is 0 Å². The largest absolute Gasteiger partial charge is 0.382 e. The van der Waals surface area contributed by atoms with Crippen LogP contribution in [0.5, 0.6) is 0 Å². The molecule has 0 spiro atoms. The van der Waals surface area contributed by atoms with E-state index in [0.29, 0.717) is 43.8 Å². The Morgan fingerprint density at radius 2 is 2.20 bits per heavy atom. The molecule has 0 bridgehead atoms. The number of nitrogens with zero attached hydrogens (tertiary/aromatic N) is 4. The van der Waals surface area contributed by atoms with Crippen molar-refractivity contribution in [2.24, 2.45) is 5.92 Å². The van der Waals surface area contributed by atoms with Crippen LogP contribution in [0.25, 0.3) is 11.5 Å². The van der Waals surface area contributed by atoms with E-state index in [0.717, 1.165) is 18.5 Å². The van der Waals surface area contributed by atoms with E-state index in [1.54, 1.807) is 19.5 Å². The number of hydrogen-bond donors (Lipinski definition) is 0. The van der Waals surface area contributed by atoms with E-state index in [9.17, 15) is 4.79 Å². The number of pyridine rings is 1. The summed E-state index contributed by atoms with van der Waals surface area (Å²) < 4.78 is 15.5. The molecule has 2 aromatic heterocycles. The minimum absolute atomic E-state index is 0.0178. The second kappa shape index (κ2) is 8.68. The van der Waals surface area contributed by atoms with Gasteiger partial charge in [-0.1, -0.05) is 5.16 Å². The molecule has 25 heavy (non-hydrogen) atoms. The van der Waals surface area contributed by atoms with E-state index >= 15 is 0 Å². The quantitative estimate of drug-likeness (QED) is 0.663. The summed E-state index contributed by atoms with van der Waals surface area (Å²) in [5.41, 5.74) is 0.852. The number of amides is 1. The van der Waals surface area contributed by atoms with Crippen molar-refractivity contribution in [3.63, 3.8) is 0 Å². The maximum Gasteiger partial charge on any atom is 0.258 e. The Morgan fingerprint density at radius 3 is 3.00 bits per heavy atom. The van der Waals surface area contributed by atoms with E-state index in [2.05, 4.69) is 15.1 Å². The van der Waals surface area contributed by atoms with Crippen LogP contribution in [0, 0.1) is 5.92 Å². The van der Waals surface area contributed by atoms with Gasteiger partial charge in [0, 0.05) is 44.6 Å². The first-order chi connectivity index (χ1) is 12.3. The highest BCUT2D eigenvalue weighted by Crippen LogP contribution is 2.22. The Bertz CT molecular complexity index is 676. The molecule has 1 aliphatic rings. The average molecular weight is 346 g/mol. The Balaban J connectivity index is 1.47. The van der Waals surface area contributed by atoms with Gasteiger partial charge in [-0.2, -0.15) is 4.98 Å². The molecule has 0 saturated carbocycles. The number of rotatable bonds is 8. The summed E-state index contributed by atoms with van der Waals surface area (Å²) in [4.78, 5) is 22.3. The molecule has 1 fully saturated rings. The van der Waals surface area contributed by atoms with Crippen molar-refractivity contribution in [3.8, 4) is 11.5 Å². The standard InChI is InChI=1S/C17H22N4O4/c1-23-8-9-24-12-16(22)21-7-4-13(11-21)10-15-19-17(25-20-15)14-2-5-18-6-3-14/h2-3,5-6,13H,4,7-12H2,1H3. The minimum atomic E-state index is 0.0178. The zero-order chi connectivity index (χ0) is 17.5. The summed E-state index contributed by atoms with van der Waals surface area (Å²) in [6, 6.07) is 3.66. The van der Waals surface area contributed by atoms with E-state index in [-0.39, 0.29) is 12.5 Å². The second-order valence-electron chi connectivity index (χ2n) is 6.00. The van der Waals surface area contributed by atoms with E-state index in [4.69, 9.17) is 14.0 Å². The highest BCUT2D eigenvalue weighted by Gasteiger charge is 2.27. The van der Waals surface area contributed by atoms with E-state index in [1.807, 2.05) is 17.0 Å². The van der Waals surface area contributed by atoms with Gasteiger partial charge in [0.25, 0.3) is 5.89 Å². The van der Waals surface area contributed by atoms with Crippen LogP contribution < -0.4 is 0 Å². The number of aromatic nitrogens is 3. The molecule has 2 aromatic rings. The summed E-state index contributed by atoms with van der Waals surface area (Å²) in [5.74, 6) is 1.52. The third-order valence-corrected chi connectivity index (χ3v) is 4.16. The molecule has 134 valence electrons. The number of likely N-dealkylation sites (tertiary alicyclic amines) is 1. The van der Waals surface area contributed by atoms with Crippen molar-refractivity contribution >= 4 is 5.91 Å². The zero-order valence-corrected chi connectivity index (χ0v) is 14.3. The van der Waals surface area contributed by atoms with Crippen molar-refractivity contribution in [3.05, 3.63) is 30.4 Å². The maximum absolute atomic E-state index is 12.1. The van der Waals surface area contributed by atoms with Gasteiger partial charge in [-0.05, 0) is 24.5 Å². The van der Waals surface area contributed by atoms with Gasteiger partial charge < -0.3 is 18.9 Å². The van der Waals surface area contributed by atoms with Crippen molar-refractivity contribution < 1.29 is 18.8 Å². The fourth-order valence-corrected chi connectivity index (χ4v) is 2.83. The highest BCUT2D eigenvalue weighted by atomic mass is 16.5. The van der Waals surface area contributed by atoms with Gasteiger partial charge in [0.2, 0.25) is 5.91 Å². The van der Waals surface area contributed by atoms with Gasteiger partial charge in [-0.15, -0.1) is 0 Å². The first-order valence-electron chi connectivity index (χ1n) is 8.33. The monoisotopic (exact) mass is 346 g/mol. The minimum Gasteiger partial charge on any atom is -0.382 e. The molecule has 1 saturated heterocycles. The molecule has 1 aliphatic heterocycles. The molecule has 0 radical (unpaired) electrons. The third kappa shape index (κ3) is 4.83. The molecule has 1 amide bonds. The second-order valence-corrected chi connectivity index (χ2v) is 6.00. The lowest BCUT2D eigenvalue weighted by atomic mass is 10.1. The summed E-state index contributed by atoms with van der Waals surface area (Å²) in [7, 11) is 1.61. The lowest BCUT2D eigenvalue weighted by molar-refractivity contribution is -0.135. The summed E-state index contributed by atoms with van der Waals surface area (Å²) in [6.07, 6.45) is 5.01. The van der Waals surface area contributed by atoms with Crippen LogP contribution >= 0.6 is 0 Å². The zero-order valence-electron chi connectivity index (χ0n) is 14.3. The van der Waals surface area contributed by atoms with Gasteiger partial charge >= 0.3 is 0 Å². The molecule has 3 rings (SSSR count). The molecule has 0 aliphatic carbocycles. The van der Waals surface area contributed by atoms with E-state index < -0.39 is 0 Å². The first-order valence-corrected chi connectivity index (χ1v) is 8.33. The van der Waals surface area contributed by atoms with Gasteiger partial charge in [-0.25, -0.2) is 0 Å². The molecule has 8 nitrogen and oxygen atoms in total. The van der Waals surface area contributed by atoms with Crippen LogP contribution in [0.1, 0.15) is 12.2 Å². The normalized spacial score (nSPS) is 17.2. The van der Waals surface area contributed by atoms with Gasteiger partial charge in [-0.3, -0.25) is 9.78 Å². The highest BCUT2D eigenvalue weighted by molar-refractivity contribution is 5.77. The van der Waals surface area contributed by atoms with Gasteiger partial charge in [0.15, 0.2) is 5.82 Å². The average Bonchev–Trinajstić information content (AvgIpc) is 3.29. The predicted molar refractivity (Wildman–Crippen MR) is 88.6 cm³/mol. The fourth-order valence-electron chi connectivity index (χ4n) is 2.83. The number of carbonyl (C=O) groups excluding carboxylic acids is 1. The summed E-state index contributed by atoms with van der Waals surface area (Å²) in [6.45, 7) is 2.47. The Hall–Kier alpha value is -2.32. The first kappa shape index (κ1) is 17.5. The maximum atomic E-state index is 12.1. The summed E-state index contributed by atoms with van der Waals surface area (Å²) >= 11 is 0. The van der Waals surface area contributed by atoms with Crippen LogP contribution in [-0.2, 0) is 20.7 Å². The topological polar surface area (TPSA) is 90.6 Å². The molecule has 3 heterocycles. The van der Waals surface area contributed by atoms with Crippen molar-refractivity contribution in [2.75, 3.05) is 40.0 Å². The Kier molecular flexibility index (Phi) is 6.08. The molecule has 1 atom stereocenters. The number of carbonyl (C=O) groups is 1. The fraction of sp³-hybridized carbons (Fsp3) is 0.529. The lowest BCUT2D eigenvalue weighted by Gasteiger charge is -2.16. The van der Waals surface area contributed by atoms with Crippen LogP contribution in [-0.4, -0.2) is 66.0 Å². The third-order valence-electron chi connectivity index (χ3n) is 4.16. The number of ether oxygens (including phenoxy) is 2. The predicted octanol–water partition coefficient (Wildman–Crippen LogP) is 1.19. The Labute approximate surface area is 146 Å². The summed E-state index contributed by atoms with van der Waals surface area (Å²) in [5, 5.41) is 4.05. The van der Waals surface area contributed by atoms with Crippen LogP contribution in [0.3, 0.4) is 0 Å². The molecular formula is C17H22N4O4.